The number of methoxy groups -OCH3 is 1. The number of rotatable bonds is 15. The Balaban J connectivity index is 1.41. The lowest BCUT2D eigenvalue weighted by atomic mass is 9.80. The zero-order chi connectivity index (χ0) is 31.3. The lowest BCUT2D eigenvalue weighted by molar-refractivity contribution is -0.128. The second kappa shape index (κ2) is 14.6. The van der Waals surface area contributed by atoms with E-state index in [1.807, 2.05) is 6.20 Å². The molecule has 8 heteroatoms. The predicted molar refractivity (Wildman–Crippen MR) is 170 cm³/mol. The zero-order valence-electron chi connectivity index (χ0n) is 27.2. The van der Waals surface area contributed by atoms with Gasteiger partial charge in [0.25, 0.3) is 0 Å². The van der Waals surface area contributed by atoms with Crippen molar-refractivity contribution in [2.24, 2.45) is 34.8 Å². The first-order valence-electron chi connectivity index (χ1n) is 16.3. The quantitative estimate of drug-likeness (QED) is 0.247. The number of aliphatic hydroxyl groups is 1. The number of aromatic nitrogens is 1. The average molecular weight is 595 g/mol. The van der Waals surface area contributed by atoms with E-state index in [1.165, 1.54) is 5.56 Å². The van der Waals surface area contributed by atoms with Crippen LogP contribution >= 0.6 is 0 Å². The smallest absolute Gasteiger partial charge is 0.223 e. The van der Waals surface area contributed by atoms with Gasteiger partial charge in [0.1, 0.15) is 6.07 Å². The number of aryl methyl sites for hydroxylation is 2. The molecule has 8 nitrogen and oxygen atoms in total. The molecule has 1 aromatic carbocycles. The highest BCUT2D eigenvalue weighted by Crippen LogP contribution is 2.53. The van der Waals surface area contributed by atoms with Gasteiger partial charge in [0.15, 0.2) is 0 Å². The van der Waals surface area contributed by atoms with Crippen LogP contribution in [0, 0.1) is 47.3 Å². The Morgan fingerprint density at radius 3 is 2.58 bits per heavy atom. The van der Waals surface area contributed by atoms with Gasteiger partial charge in [-0.15, -0.1) is 0 Å². The van der Waals surface area contributed by atoms with Crippen LogP contribution in [0.3, 0.4) is 0 Å². The summed E-state index contributed by atoms with van der Waals surface area (Å²) in [5, 5.41) is 25.3. The summed E-state index contributed by atoms with van der Waals surface area (Å²) < 4.78 is 12.9. The third kappa shape index (κ3) is 7.99. The molecular formula is C35H54N4O4. The zero-order valence-corrected chi connectivity index (χ0v) is 27.2. The van der Waals surface area contributed by atoms with Crippen molar-refractivity contribution in [3.8, 4) is 6.07 Å². The highest BCUT2D eigenvalue weighted by atomic mass is 16.5. The molecule has 2 aromatic rings. The largest absolute Gasteiger partial charge is 0.391 e. The van der Waals surface area contributed by atoms with Crippen LogP contribution in [-0.2, 0) is 27.2 Å². The topological polar surface area (TPSA) is 123 Å². The molecule has 43 heavy (non-hydrogen) atoms. The van der Waals surface area contributed by atoms with E-state index in [2.05, 4.69) is 62.7 Å². The molecule has 4 rings (SSSR count). The summed E-state index contributed by atoms with van der Waals surface area (Å²) in [5.41, 5.74) is 11.1. The molecule has 1 amide bonds. The number of fused-ring (bicyclic) bond motifs is 1. The second-order valence-corrected chi connectivity index (χ2v) is 14.0. The Morgan fingerprint density at radius 1 is 1.23 bits per heavy atom. The number of aliphatic hydroxyl groups excluding tert-OH is 1. The van der Waals surface area contributed by atoms with Gasteiger partial charge in [0.2, 0.25) is 5.91 Å². The van der Waals surface area contributed by atoms with E-state index >= 15 is 0 Å². The van der Waals surface area contributed by atoms with Crippen LogP contribution in [0.25, 0.3) is 10.9 Å². The number of carbonyl (C=O) groups is 1. The van der Waals surface area contributed by atoms with Gasteiger partial charge in [-0.3, -0.25) is 4.79 Å². The number of nitrogens with two attached hydrogens (primary N) is 1. The van der Waals surface area contributed by atoms with Crippen LogP contribution in [0.5, 0.6) is 0 Å². The van der Waals surface area contributed by atoms with E-state index < -0.39 is 12.1 Å². The molecule has 0 unspecified atom stereocenters. The fourth-order valence-corrected chi connectivity index (χ4v) is 7.02. The van der Waals surface area contributed by atoms with Gasteiger partial charge < -0.3 is 30.2 Å². The van der Waals surface area contributed by atoms with Crippen LogP contribution in [0.4, 0.5) is 0 Å². The molecule has 1 spiro atoms. The van der Waals surface area contributed by atoms with Crippen LogP contribution in [-0.4, -0.2) is 60.7 Å². The van der Waals surface area contributed by atoms with Crippen molar-refractivity contribution in [2.45, 2.75) is 104 Å². The Kier molecular flexibility index (Phi) is 11.3. The Hall–Kier alpha value is -2.44. The highest BCUT2D eigenvalue weighted by Gasteiger charge is 2.55. The van der Waals surface area contributed by atoms with E-state index in [0.29, 0.717) is 30.9 Å². The molecule has 238 valence electrons. The fraction of sp³-hybridized carbons (Fsp3) is 0.714. The minimum Gasteiger partial charge on any atom is -0.391 e. The van der Waals surface area contributed by atoms with Crippen LogP contribution in [0.1, 0.15) is 82.9 Å². The van der Waals surface area contributed by atoms with E-state index in [-0.39, 0.29) is 35.1 Å². The van der Waals surface area contributed by atoms with Crippen LogP contribution < -0.4 is 11.1 Å². The Bertz CT molecular complexity index is 1270. The molecule has 1 aliphatic heterocycles. The molecule has 4 N–H and O–H groups in total. The number of nitriles is 1. The monoisotopic (exact) mass is 594 g/mol. The molecule has 0 radical (unpaired) electrons. The van der Waals surface area contributed by atoms with Crippen molar-refractivity contribution in [2.75, 3.05) is 26.9 Å². The number of amides is 1. The molecule has 1 saturated carbocycles. The third-order valence-corrected chi connectivity index (χ3v) is 10.3. The van der Waals surface area contributed by atoms with Gasteiger partial charge in [-0.1, -0.05) is 27.7 Å². The summed E-state index contributed by atoms with van der Waals surface area (Å²) >= 11 is 0. The molecule has 1 saturated heterocycles. The number of nitrogens with zero attached hydrogens (tertiary/aromatic N) is 2. The molecule has 1 aromatic heterocycles. The summed E-state index contributed by atoms with van der Waals surface area (Å²) in [7, 11) is 1.71. The Labute approximate surface area is 258 Å². The first-order valence-corrected chi connectivity index (χ1v) is 16.3. The first-order chi connectivity index (χ1) is 20.5. The summed E-state index contributed by atoms with van der Waals surface area (Å²) in [6, 6.07) is 6.54. The average Bonchev–Trinajstić information content (AvgIpc) is 3.49. The molecule has 0 bridgehead atoms. The number of hydrogen-bond acceptors (Lipinski definition) is 6. The lowest BCUT2D eigenvalue weighted by Crippen LogP contribution is -2.44. The highest BCUT2D eigenvalue weighted by molar-refractivity contribution is 5.88. The predicted octanol–water partition coefficient (Wildman–Crippen LogP) is 5.10. The van der Waals surface area contributed by atoms with Crippen molar-refractivity contribution in [1.82, 2.24) is 9.88 Å². The number of hydrogen-bond donors (Lipinski definition) is 3. The summed E-state index contributed by atoms with van der Waals surface area (Å²) in [4.78, 5) is 13.3. The van der Waals surface area contributed by atoms with Crippen LogP contribution in [0.15, 0.2) is 18.3 Å². The molecular weight excluding hydrogens is 540 g/mol. The normalized spacial score (nSPS) is 20.7. The summed E-state index contributed by atoms with van der Waals surface area (Å²) in [5.74, 6) is 0.510. The van der Waals surface area contributed by atoms with E-state index in [0.717, 1.165) is 68.3 Å². The summed E-state index contributed by atoms with van der Waals surface area (Å²) in [6.45, 7) is 13.7. The molecule has 2 heterocycles. The van der Waals surface area contributed by atoms with Gasteiger partial charge in [-0.25, -0.2) is 0 Å². The fourth-order valence-electron chi connectivity index (χ4n) is 7.02. The maximum Gasteiger partial charge on any atom is 0.223 e. The second-order valence-electron chi connectivity index (χ2n) is 14.0. The van der Waals surface area contributed by atoms with Crippen molar-refractivity contribution < 1.29 is 19.4 Å². The third-order valence-electron chi connectivity index (χ3n) is 10.3. The van der Waals surface area contributed by atoms with Crippen molar-refractivity contribution in [3.63, 3.8) is 0 Å². The maximum absolute atomic E-state index is 13.3. The maximum atomic E-state index is 13.3. The van der Waals surface area contributed by atoms with E-state index in [1.54, 1.807) is 7.11 Å². The van der Waals surface area contributed by atoms with Crippen molar-refractivity contribution in [3.05, 3.63) is 35.0 Å². The minimum atomic E-state index is -0.754. The van der Waals surface area contributed by atoms with Gasteiger partial charge >= 0.3 is 0 Å². The molecule has 5 atom stereocenters. The number of ether oxygens (including phenoxy) is 2. The molecule has 2 fully saturated rings. The van der Waals surface area contributed by atoms with Crippen molar-refractivity contribution in [1.29, 1.82) is 5.26 Å². The van der Waals surface area contributed by atoms with Crippen LogP contribution in [0.2, 0.25) is 0 Å². The van der Waals surface area contributed by atoms with Gasteiger partial charge in [-0.2, -0.15) is 5.26 Å². The Morgan fingerprint density at radius 2 is 1.95 bits per heavy atom. The summed E-state index contributed by atoms with van der Waals surface area (Å²) in [6.07, 6.45) is 7.02. The minimum absolute atomic E-state index is 0.0455. The SMILES string of the molecule is COCCCn1cc(C#N)c2cc(C)c(C[C@@H](C[C@H](N)[C@@H](O)C[C@@H](C(=O)N[C@@H]3CC34CCOCC4)C(C)C)C(C)C)cc21. The van der Waals surface area contributed by atoms with E-state index in [9.17, 15) is 15.2 Å². The number of carbonyl (C=O) groups excluding carboxylic acids is 1. The van der Waals surface area contributed by atoms with Gasteiger partial charge in [0, 0.05) is 68.6 Å². The van der Waals surface area contributed by atoms with Gasteiger partial charge in [-0.05, 0) is 98.3 Å². The molecule has 1 aliphatic carbocycles. The van der Waals surface area contributed by atoms with Gasteiger partial charge in [0.05, 0.1) is 11.7 Å². The molecule has 2 aliphatic rings. The standard InChI is InChI=1S/C35H54N4O4/c1-22(2)25(15-26-17-31-29(14-24(26)5)27(20-36)21-39(31)10-7-11-42-6)16-30(37)32(40)18-28(23(3)4)34(41)38-33-19-35(33)8-12-43-13-9-35/h14,17,21-23,25,28,30,32-33,40H,7-13,15-16,18-19,37H2,1-6H3,(H,38,41)/t25-,28+,30-,32-,33+/m0/s1. The first kappa shape index (κ1) is 33.5. The van der Waals surface area contributed by atoms with Crippen molar-refractivity contribution >= 4 is 16.8 Å². The number of nitrogens with one attached hydrogen (secondary N) is 1. The lowest BCUT2D eigenvalue weighted by Gasteiger charge is -2.30. The number of benzene rings is 1. The van der Waals surface area contributed by atoms with E-state index in [4.69, 9.17) is 15.2 Å².